The van der Waals surface area contributed by atoms with Gasteiger partial charge in [-0.3, -0.25) is 4.79 Å². The molecule has 0 aliphatic rings. The van der Waals surface area contributed by atoms with Gasteiger partial charge in [-0.05, 0) is 34.7 Å². The minimum atomic E-state index is -4.36. The van der Waals surface area contributed by atoms with Gasteiger partial charge in [-0.2, -0.15) is 13.2 Å². The molecule has 2 aromatic carbocycles. The summed E-state index contributed by atoms with van der Waals surface area (Å²) in [5.41, 5.74) is 1.77. The maximum absolute atomic E-state index is 12.8. The number of hydrogen-bond acceptors (Lipinski definition) is 2. The van der Waals surface area contributed by atoms with E-state index >= 15 is 0 Å². The van der Waals surface area contributed by atoms with Crippen molar-refractivity contribution in [3.8, 4) is 11.1 Å². The molecule has 1 heterocycles. The molecule has 0 unspecified atom stereocenters. The van der Waals surface area contributed by atoms with Crippen LogP contribution in [-0.4, -0.2) is 17.9 Å². The van der Waals surface area contributed by atoms with Gasteiger partial charge in [0.05, 0.1) is 10.4 Å². The number of amides is 1. The molecule has 6 heteroatoms. The Labute approximate surface area is 153 Å². The fourth-order valence-corrected chi connectivity index (χ4v) is 3.55. The summed E-state index contributed by atoms with van der Waals surface area (Å²) in [4.78, 5) is 14.9. The maximum Gasteiger partial charge on any atom is 0.416 e. The molecule has 0 spiro atoms. The van der Waals surface area contributed by atoms with Gasteiger partial charge in [0.25, 0.3) is 5.91 Å². The van der Waals surface area contributed by atoms with Gasteiger partial charge in [-0.1, -0.05) is 42.5 Å². The van der Waals surface area contributed by atoms with Gasteiger partial charge in [-0.25, -0.2) is 0 Å². The fourth-order valence-electron chi connectivity index (χ4n) is 2.64. The first-order valence-corrected chi connectivity index (χ1v) is 8.79. The number of carbonyl (C=O) groups is 1. The Morgan fingerprint density at radius 1 is 1.00 bits per heavy atom. The molecule has 2 nitrogen and oxygen atoms in total. The van der Waals surface area contributed by atoms with Gasteiger partial charge in [0.1, 0.15) is 0 Å². The number of alkyl halides is 3. The summed E-state index contributed by atoms with van der Waals surface area (Å²) in [6, 6.07) is 16.4. The third-order valence-electron chi connectivity index (χ3n) is 3.99. The first kappa shape index (κ1) is 18.2. The van der Waals surface area contributed by atoms with Crippen molar-refractivity contribution in [1.29, 1.82) is 0 Å². The van der Waals surface area contributed by atoms with Gasteiger partial charge >= 0.3 is 6.18 Å². The summed E-state index contributed by atoms with van der Waals surface area (Å²) >= 11 is 1.36. The molecule has 3 rings (SSSR count). The van der Waals surface area contributed by atoms with Crippen molar-refractivity contribution in [2.24, 2.45) is 0 Å². The lowest BCUT2D eigenvalue weighted by Gasteiger charge is -2.18. The van der Waals surface area contributed by atoms with E-state index in [0.29, 0.717) is 10.4 Å². The van der Waals surface area contributed by atoms with Crippen LogP contribution in [0.15, 0.2) is 66.0 Å². The molecule has 0 N–H and O–H groups in total. The SMILES string of the molecule is CN(Cc1ccc(C(F)(F)F)cc1)C(=O)c1sccc1-c1ccccc1. The molecular formula is C20H16F3NOS. The molecule has 0 radical (unpaired) electrons. The van der Waals surface area contributed by atoms with Crippen LogP contribution in [0.4, 0.5) is 13.2 Å². The highest BCUT2D eigenvalue weighted by Gasteiger charge is 2.30. The summed E-state index contributed by atoms with van der Waals surface area (Å²) in [7, 11) is 1.65. The molecule has 0 bridgehead atoms. The number of benzene rings is 2. The predicted octanol–water partition coefficient (Wildman–Crippen LogP) is 5.71. The molecule has 0 aliphatic heterocycles. The smallest absolute Gasteiger partial charge is 0.337 e. The number of rotatable bonds is 4. The van der Waals surface area contributed by atoms with Crippen LogP contribution in [0.3, 0.4) is 0 Å². The highest BCUT2D eigenvalue weighted by molar-refractivity contribution is 7.12. The van der Waals surface area contributed by atoms with Crippen LogP contribution < -0.4 is 0 Å². The predicted molar refractivity (Wildman–Crippen MR) is 97.0 cm³/mol. The molecular weight excluding hydrogens is 359 g/mol. The maximum atomic E-state index is 12.8. The highest BCUT2D eigenvalue weighted by Crippen LogP contribution is 2.31. The molecule has 0 atom stereocenters. The third-order valence-corrected chi connectivity index (χ3v) is 4.89. The summed E-state index contributed by atoms with van der Waals surface area (Å²) < 4.78 is 37.9. The third kappa shape index (κ3) is 3.96. The second-order valence-corrected chi connectivity index (χ2v) is 6.80. The van der Waals surface area contributed by atoms with E-state index in [1.165, 1.54) is 28.4 Å². The first-order chi connectivity index (χ1) is 12.4. The molecule has 0 aliphatic carbocycles. The van der Waals surface area contributed by atoms with Gasteiger partial charge in [0.15, 0.2) is 0 Å². The Morgan fingerprint density at radius 2 is 1.65 bits per heavy atom. The van der Waals surface area contributed by atoms with Crippen LogP contribution in [0.1, 0.15) is 20.8 Å². The van der Waals surface area contributed by atoms with E-state index in [-0.39, 0.29) is 12.5 Å². The van der Waals surface area contributed by atoms with E-state index in [1.807, 2.05) is 41.8 Å². The van der Waals surface area contributed by atoms with E-state index in [9.17, 15) is 18.0 Å². The molecule has 0 saturated carbocycles. The van der Waals surface area contributed by atoms with Gasteiger partial charge < -0.3 is 4.90 Å². The number of carbonyl (C=O) groups excluding carboxylic acids is 1. The Hall–Kier alpha value is -2.60. The molecule has 26 heavy (non-hydrogen) atoms. The van der Waals surface area contributed by atoms with Crippen molar-refractivity contribution < 1.29 is 18.0 Å². The minimum absolute atomic E-state index is 0.154. The zero-order valence-corrected chi connectivity index (χ0v) is 14.8. The van der Waals surface area contributed by atoms with Crippen LogP contribution in [0.5, 0.6) is 0 Å². The van der Waals surface area contributed by atoms with E-state index in [1.54, 1.807) is 7.05 Å². The molecule has 0 fully saturated rings. The molecule has 3 aromatic rings. The normalized spacial score (nSPS) is 11.4. The largest absolute Gasteiger partial charge is 0.416 e. The Morgan fingerprint density at radius 3 is 2.27 bits per heavy atom. The Bertz CT molecular complexity index is 885. The summed E-state index contributed by atoms with van der Waals surface area (Å²) in [5, 5.41) is 1.86. The lowest BCUT2D eigenvalue weighted by molar-refractivity contribution is -0.137. The van der Waals surface area contributed by atoms with Crippen molar-refractivity contribution in [2.75, 3.05) is 7.05 Å². The van der Waals surface area contributed by atoms with Crippen molar-refractivity contribution >= 4 is 17.2 Å². The second kappa shape index (κ2) is 7.33. The van der Waals surface area contributed by atoms with Crippen molar-refractivity contribution in [1.82, 2.24) is 4.90 Å². The molecule has 1 aromatic heterocycles. The highest BCUT2D eigenvalue weighted by atomic mass is 32.1. The zero-order valence-electron chi connectivity index (χ0n) is 14.0. The van der Waals surface area contributed by atoms with E-state index < -0.39 is 11.7 Å². The van der Waals surface area contributed by atoms with Crippen LogP contribution >= 0.6 is 11.3 Å². The van der Waals surface area contributed by atoms with E-state index in [0.717, 1.165) is 23.3 Å². The average molecular weight is 375 g/mol. The lowest BCUT2D eigenvalue weighted by atomic mass is 10.1. The molecule has 0 saturated heterocycles. The Balaban J connectivity index is 1.76. The number of thiophene rings is 1. The van der Waals surface area contributed by atoms with Gasteiger partial charge in [0, 0.05) is 19.2 Å². The topological polar surface area (TPSA) is 20.3 Å². The number of hydrogen-bond donors (Lipinski definition) is 0. The monoisotopic (exact) mass is 375 g/mol. The van der Waals surface area contributed by atoms with Gasteiger partial charge in [-0.15, -0.1) is 11.3 Å². The molecule has 1 amide bonds. The standard InChI is InChI=1S/C20H16F3NOS/c1-24(13-14-7-9-16(10-8-14)20(21,22)23)19(25)18-17(11-12-26-18)15-5-3-2-4-6-15/h2-12H,13H2,1H3. The van der Waals surface area contributed by atoms with E-state index in [2.05, 4.69) is 0 Å². The zero-order chi connectivity index (χ0) is 18.7. The van der Waals surface area contributed by atoms with E-state index in [4.69, 9.17) is 0 Å². The summed E-state index contributed by atoms with van der Waals surface area (Å²) in [6.07, 6.45) is -4.36. The van der Waals surface area contributed by atoms with Gasteiger partial charge in [0.2, 0.25) is 0 Å². The average Bonchev–Trinajstić information content (AvgIpc) is 3.11. The Kier molecular flexibility index (Phi) is 5.13. The minimum Gasteiger partial charge on any atom is -0.337 e. The van der Waals surface area contributed by atoms with Crippen molar-refractivity contribution in [3.63, 3.8) is 0 Å². The molecule has 134 valence electrons. The van der Waals surface area contributed by atoms with Crippen molar-refractivity contribution in [3.05, 3.63) is 82.0 Å². The lowest BCUT2D eigenvalue weighted by Crippen LogP contribution is -2.25. The quantitative estimate of drug-likeness (QED) is 0.572. The number of halogens is 3. The summed E-state index contributed by atoms with van der Waals surface area (Å²) in [6.45, 7) is 0.239. The van der Waals surface area contributed by atoms with Crippen LogP contribution in [0.25, 0.3) is 11.1 Å². The first-order valence-electron chi connectivity index (χ1n) is 7.91. The fraction of sp³-hybridized carbons (Fsp3) is 0.150. The van der Waals surface area contributed by atoms with Crippen LogP contribution in [-0.2, 0) is 12.7 Å². The van der Waals surface area contributed by atoms with Crippen LogP contribution in [0, 0.1) is 0 Å². The number of nitrogens with zero attached hydrogens (tertiary/aromatic N) is 1. The van der Waals surface area contributed by atoms with Crippen LogP contribution in [0.2, 0.25) is 0 Å². The van der Waals surface area contributed by atoms with Crippen molar-refractivity contribution in [2.45, 2.75) is 12.7 Å². The summed E-state index contributed by atoms with van der Waals surface area (Å²) in [5.74, 6) is -0.154. The second-order valence-electron chi connectivity index (χ2n) is 5.89.